The molecule has 2 heterocycles. The molecule has 3 rings (SSSR count). The first-order valence-electron chi connectivity index (χ1n) is 6.13. The van der Waals surface area contributed by atoms with Gasteiger partial charge in [0.05, 0.1) is 26.4 Å². The maximum absolute atomic E-state index is 5.19. The smallest absolute Gasteiger partial charge is 0.0519 e. The Bertz CT molecular complexity index is 301. The van der Waals surface area contributed by atoms with E-state index in [0.29, 0.717) is 0 Å². The normalized spacial score (nSPS) is 21.5. The van der Waals surface area contributed by atoms with E-state index in [1.165, 1.54) is 24.0 Å². The molecule has 0 spiro atoms. The van der Waals surface area contributed by atoms with Crippen LogP contribution in [0.4, 0.5) is 0 Å². The van der Waals surface area contributed by atoms with Gasteiger partial charge in [0.15, 0.2) is 0 Å². The molecule has 2 saturated heterocycles. The maximum atomic E-state index is 5.19. The summed E-state index contributed by atoms with van der Waals surface area (Å²) in [5.41, 5.74) is 2.89. The average Bonchev–Trinajstić information content (AvgIpc) is 2.19. The molecular weight excluding hydrogens is 200 g/mol. The van der Waals surface area contributed by atoms with E-state index < -0.39 is 0 Å². The van der Waals surface area contributed by atoms with Crippen molar-refractivity contribution in [1.29, 1.82) is 0 Å². The first-order chi connectivity index (χ1) is 7.90. The number of hydrogen-bond acceptors (Lipinski definition) is 2. The Balaban J connectivity index is 1.55. The summed E-state index contributed by atoms with van der Waals surface area (Å²) in [4.78, 5) is 0. The zero-order valence-electron chi connectivity index (χ0n) is 9.52. The van der Waals surface area contributed by atoms with Gasteiger partial charge < -0.3 is 9.47 Å². The Kier molecular flexibility index (Phi) is 2.94. The van der Waals surface area contributed by atoms with Crippen molar-refractivity contribution in [2.75, 3.05) is 26.4 Å². The second-order valence-corrected chi connectivity index (χ2v) is 5.03. The quantitative estimate of drug-likeness (QED) is 0.770. The fraction of sp³-hybridized carbons (Fsp3) is 0.571. The number of hydrogen-bond donors (Lipinski definition) is 0. The zero-order chi connectivity index (χ0) is 10.8. The van der Waals surface area contributed by atoms with Crippen molar-refractivity contribution in [3.63, 3.8) is 0 Å². The van der Waals surface area contributed by atoms with Crippen LogP contribution < -0.4 is 0 Å². The van der Waals surface area contributed by atoms with Gasteiger partial charge in [-0.15, -0.1) is 0 Å². The van der Waals surface area contributed by atoms with Gasteiger partial charge in [-0.1, -0.05) is 24.3 Å². The summed E-state index contributed by atoms with van der Waals surface area (Å²) in [6.45, 7) is 3.78. The first kappa shape index (κ1) is 10.3. The molecule has 0 aliphatic carbocycles. The van der Waals surface area contributed by atoms with Gasteiger partial charge >= 0.3 is 0 Å². The molecule has 0 radical (unpaired) electrons. The molecule has 0 N–H and O–H groups in total. The SMILES string of the molecule is c1cc(CC2COC2)ccc1CC1COC1. The van der Waals surface area contributed by atoms with Crippen LogP contribution in [0.2, 0.25) is 0 Å². The molecule has 2 fully saturated rings. The van der Waals surface area contributed by atoms with Crippen molar-refractivity contribution in [1.82, 2.24) is 0 Å². The van der Waals surface area contributed by atoms with Crippen LogP contribution >= 0.6 is 0 Å². The van der Waals surface area contributed by atoms with Gasteiger partial charge in [0.25, 0.3) is 0 Å². The predicted octanol–water partition coefficient (Wildman–Crippen LogP) is 2.06. The molecule has 0 bridgehead atoms. The summed E-state index contributed by atoms with van der Waals surface area (Å²) in [5, 5.41) is 0. The minimum atomic E-state index is 0.755. The summed E-state index contributed by atoms with van der Waals surface area (Å²) in [6.07, 6.45) is 2.35. The lowest BCUT2D eigenvalue weighted by Gasteiger charge is -2.27. The highest BCUT2D eigenvalue weighted by atomic mass is 16.5. The van der Waals surface area contributed by atoms with Gasteiger partial charge in [-0.2, -0.15) is 0 Å². The summed E-state index contributed by atoms with van der Waals surface area (Å²) in [6, 6.07) is 9.08. The summed E-state index contributed by atoms with van der Waals surface area (Å²) in [5.74, 6) is 1.51. The van der Waals surface area contributed by atoms with Crippen molar-refractivity contribution in [2.45, 2.75) is 12.8 Å². The highest BCUT2D eigenvalue weighted by molar-refractivity contribution is 5.23. The molecule has 0 unspecified atom stereocenters. The molecule has 2 heteroatoms. The third-order valence-electron chi connectivity index (χ3n) is 3.49. The Labute approximate surface area is 96.6 Å². The van der Waals surface area contributed by atoms with E-state index in [-0.39, 0.29) is 0 Å². The molecule has 0 saturated carbocycles. The predicted molar refractivity (Wildman–Crippen MR) is 62.5 cm³/mol. The van der Waals surface area contributed by atoms with Gasteiger partial charge in [0, 0.05) is 11.8 Å². The summed E-state index contributed by atoms with van der Waals surface area (Å²) in [7, 11) is 0. The minimum Gasteiger partial charge on any atom is -0.381 e. The summed E-state index contributed by atoms with van der Waals surface area (Å²) < 4.78 is 10.4. The van der Waals surface area contributed by atoms with E-state index in [9.17, 15) is 0 Å². The molecule has 2 aliphatic heterocycles. The van der Waals surface area contributed by atoms with Crippen LogP contribution in [0.15, 0.2) is 24.3 Å². The monoisotopic (exact) mass is 218 g/mol. The topological polar surface area (TPSA) is 18.5 Å². The Morgan fingerprint density at radius 1 is 0.750 bits per heavy atom. The van der Waals surface area contributed by atoms with E-state index in [1.807, 2.05) is 0 Å². The van der Waals surface area contributed by atoms with Gasteiger partial charge in [-0.3, -0.25) is 0 Å². The minimum absolute atomic E-state index is 0.755. The lowest BCUT2D eigenvalue weighted by molar-refractivity contribution is -0.0315. The van der Waals surface area contributed by atoms with Gasteiger partial charge in [-0.25, -0.2) is 0 Å². The van der Waals surface area contributed by atoms with Crippen LogP contribution in [0.25, 0.3) is 0 Å². The number of rotatable bonds is 4. The number of benzene rings is 1. The van der Waals surface area contributed by atoms with Gasteiger partial charge in [0.2, 0.25) is 0 Å². The van der Waals surface area contributed by atoms with Crippen LogP contribution in [0.5, 0.6) is 0 Å². The Morgan fingerprint density at radius 2 is 1.12 bits per heavy atom. The zero-order valence-corrected chi connectivity index (χ0v) is 9.52. The second kappa shape index (κ2) is 4.56. The standard InChI is InChI=1S/C14H18O2/c1-2-12(6-14-9-16-10-14)4-3-11(1)5-13-7-15-8-13/h1-4,13-14H,5-10H2. The van der Waals surface area contributed by atoms with Crippen molar-refractivity contribution < 1.29 is 9.47 Å². The molecule has 2 nitrogen and oxygen atoms in total. The third kappa shape index (κ3) is 2.28. The van der Waals surface area contributed by atoms with Crippen molar-refractivity contribution in [3.05, 3.63) is 35.4 Å². The molecule has 1 aromatic carbocycles. The maximum Gasteiger partial charge on any atom is 0.0519 e. The van der Waals surface area contributed by atoms with E-state index in [2.05, 4.69) is 24.3 Å². The van der Waals surface area contributed by atoms with Crippen LogP contribution in [0.3, 0.4) is 0 Å². The summed E-state index contributed by atoms with van der Waals surface area (Å²) >= 11 is 0. The second-order valence-electron chi connectivity index (χ2n) is 5.03. The van der Waals surface area contributed by atoms with Crippen LogP contribution in [-0.4, -0.2) is 26.4 Å². The highest BCUT2D eigenvalue weighted by Gasteiger charge is 2.20. The van der Waals surface area contributed by atoms with Crippen LogP contribution in [0.1, 0.15) is 11.1 Å². The Hall–Kier alpha value is -0.860. The van der Waals surface area contributed by atoms with Gasteiger partial charge in [-0.05, 0) is 24.0 Å². The number of ether oxygens (including phenoxy) is 2. The molecule has 2 aliphatic rings. The van der Waals surface area contributed by atoms with Crippen molar-refractivity contribution in [2.24, 2.45) is 11.8 Å². The molecule has 1 aromatic rings. The fourth-order valence-corrected chi connectivity index (χ4v) is 2.28. The lowest BCUT2D eigenvalue weighted by atomic mass is 9.94. The van der Waals surface area contributed by atoms with Crippen LogP contribution in [0, 0.1) is 11.8 Å². The van der Waals surface area contributed by atoms with E-state index in [1.54, 1.807) is 0 Å². The fourth-order valence-electron chi connectivity index (χ4n) is 2.28. The van der Waals surface area contributed by atoms with Crippen molar-refractivity contribution in [3.8, 4) is 0 Å². The van der Waals surface area contributed by atoms with Crippen molar-refractivity contribution >= 4 is 0 Å². The van der Waals surface area contributed by atoms with Crippen LogP contribution in [-0.2, 0) is 22.3 Å². The molecule has 0 atom stereocenters. The average molecular weight is 218 g/mol. The third-order valence-corrected chi connectivity index (χ3v) is 3.49. The van der Waals surface area contributed by atoms with E-state index in [4.69, 9.17) is 9.47 Å². The molecular formula is C14H18O2. The molecule has 86 valence electrons. The highest BCUT2D eigenvalue weighted by Crippen LogP contribution is 2.20. The van der Waals surface area contributed by atoms with Gasteiger partial charge in [0.1, 0.15) is 0 Å². The molecule has 16 heavy (non-hydrogen) atoms. The Morgan fingerprint density at radius 3 is 1.38 bits per heavy atom. The first-order valence-corrected chi connectivity index (χ1v) is 6.13. The molecule has 0 amide bonds. The van der Waals surface area contributed by atoms with E-state index >= 15 is 0 Å². The largest absolute Gasteiger partial charge is 0.381 e. The molecule has 0 aromatic heterocycles. The lowest BCUT2D eigenvalue weighted by Crippen LogP contribution is -2.29. The van der Waals surface area contributed by atoms with E-state index in [0.717, 1.165) is 38.3 Å².